The number of carbonyl (C=O) groups is 1. The molecule has 1 amide bonds. The van der Waals surface area contributed by atoms with Crippen LogP contribution in [-0.2, 0) is 19.0 Å². The molecule has 2 aliphatic heterocycles. The number of amides is 1. The molecule has 12 nitrogen and oxygen atoms in total. The monoisotopic (exact) mass is 383 g/mol. The first-order chi connectivity index (χ1) is 12.2. The van der Waals surface area contributed by atoms with Crippen LogP contribution in [0.3, 0.4) is 0 Å². The number of hydrogen-bond acceptors (Lipinski definition) is 11. The van der Waals surface area contributed by atoms with Crippen LogP contribution in [0.5, 0.6) is 0 Å². The smallest absolute Gasteiger partial charge is 0.216 e. The van der Waals surface area contributed by atoms with Gasteiger partial charge in [-0.25, -0.2) is 0 Å². The molecule has 2 fully saturated rings. The molecule has 0 bridgehead atoms. The Kier molecular flexibility index (Phi) is 7.27. The van der Waals surface area contributed by atoms with Gasteiger partial charge < -0.3 is 55.3 Å². The highest BCUT2D eigenvalue weighted by molar-refractivity contribution is 5.72. The van der Waals surface area contributed by atoms with Crippen LogP contribution in [0.4, 0.5) is 0 Å². The van der Waals surface area contributed by atoms with Gasteiger partial charge in [0.2, 0.25) is 5.91 Å². The van der Waals surface area contributed by atoms with E-state index >= 15 is 0 Å². The molecular formula is C14H25NO11. The summed E-state index contributed by atoms with van der Waals surface area (Å²) in [7, 11) is 0. The zero-order valence-electron chi connectivity index (χ0n) is 14.0. The zero-order valence-corrected chi connectivity index (χ0v) is 14.0. The maximum Gasteiger partial charge on any atom is 0.216 e. The summed E-state index contributed by atoms with van der Waals surface area (Å²) in [4.78, 5) is 11.0. The summed E-state index contributed by atoms with van der Waals surface area (Å²) in [6.07, 6.45) is -15.5. The Hall–Kier alpha value is -0.930. The molecule has 0 aromatic heterocycles. The van der Waals surface area contributed by atoms with Crippen molar-refractivity contribution in [1.29, 1.82) is 0 Å². The second-order valence-corrected chi connectivity index (χ2v) is 6.29. The number of ether oxygens (including phenoxy) is 3. The van der Waals surface area contributed by atoms with Crippen LogP contribution in [-0.4, -0.2) is 116 Å². The number of rotatable bonds is 5. The summed E-state index contributed by atoms with van der Waals surface area (Å²) in [5, 5.41) is 70.8. The number of aliphatic hydroxyl groups is 7. The minimum atomic E-state index is -1.73. The largest absolute Gasteiger partial charge is 0.394 e. The number of hydrogen-bond donors (Lipinski definition) is 8. The molecule has 2 rings (SSSR count). The van der Waals surface area contributed by atoms with Gasteiger partial charge in [-0.2, -0.15) is 0 Å². The molecule has 26 heavy (non-hydrogen) atoms. The fraction of sp³-hybridized carbons (Fsp3) is 0.929. The highest BCUT2D eigenvalue weighted by Crippen LogP contribution is 2.27. The third kappa shape index (κ3) is 4.48. The van der Waals surface area contributed by atoms with Crippen molar-refractivity contribution in [2.24, 2.45) is 0 Å². The van der Waals surface area contributed by atoms with Gasteiger partial charge in [0.05, 0.1) is 6.61 Å². The third-order valence-electron chi connectivity index (χ3n) is 4.34. The van der Waals surface area contributed by atoms with Crippen LogP contribution in [0.2, 0.25) is 0 Å². The van der Waals surface area contributed by atoms with Crippen LogP contribution in [0.15, 0.2) is 0 Å². The Bertz CT molecular complexity index is 478. The van der Waals surface area contributed by atoms with Gasteiger partial charge >= 0.3 is 0 Å². The zero-order chi connectivity index (χ0) is 19.6. The molecule has 2 heterocycles. The van der Waals surface area contributed by atoms with Gasteiger partial charge in [0.1, 0.15) is 48.8 Å². The van der Waals surface area contributed by atoms with Crippen LogP contribution < -0.4 is 5.32 Å². The average Bonchev–Trinajstić information content (AvgIpc) is 2.61. The number of aliphatic hydroxyl groups excluding tert-OH is 7. The van der Waals surface area contributed by atoms with E-state index in [1.54, 1.807) is 0 Å². The maximum atomic E-state index is 11.0. The lowest BCUT2D eigenvalue weighted by atomic mass is 9.98. The minimum absolute atomic E-state index is 0.186. The van der Waals surface area contributed by atoms with Gasteiger partial charge in [-0.05, 0) is 0 Å². The lowest BCUT2D eigenvalue weighted by molar-refractivity contribution is -0.374. The van der Waals surface area contributed by atoms with Gasteiger partial charge in [-0.1, -0.05) is 0 Å². The fourth-order valence-corrected chi connectivity index (χ4v) is 2.75. The van der Waals surface area contributed by atoms with E-state index < -0.39 is 73.9 Å². The van der Waals surface area contributed by atoms with Crippen molar-refractivity contribution in [3.8, 4) is 0 Å². The Morgan fingerprint density at radius 2 is 1.31 bits per heavy atom. The van der Waals surface area contributed by atoms with Crippen molar-refractivity contribution in [1.82, 2.24) is 5.32 Å². The number of carbonyl (C=O) groups excluding carboxylic acids is 1. The van der Waals surface area contributed by atoms with Crippen molar-refractivity contribution < 1.29 is 54.8 Å². The second kappa shape index (κ2) is 8.84. The van der Waals surface area contributed by atoms with E-state index in [2.05, 4.69) is 5.32 Å². The lowest BCUT2D eigenvalue weighted by Gasteiger charge is -2.44. The summed E-state index contributed by atoms with van der Waals surface area (Å²) in [6, 6.07) is 0. The molecule has 0 spiro atoms. The van der Waals surface area contributed by atoms with Gasteiger partial charge in [0, 0.05) is 13.5 Å². The summed E-state index contributed by atoms with van der Waals surface area (Å²) >= 11 is 0. The molecule has 12 heteroatoms. The van der Waals surface area contributed by atoms with Gasteiger partial charge in [0.15, 0.2) is 12.6 Å². The normalized spacial score (nSPS) is 46.8. The van der Waals surface area contributed by atoms with Crippen molar-refractivity contribution in [3.05, 3.63) is 0 Å². The summed E-state index contributed by atoms with van der Waals surface area (Å²) < 4.78 is 15.7. The molecule has 0 radical (unpaired) electrons. The molecule has 0 aromatic carbocycles. The predicted molar refractivity (Wildman–Crippen MR) is 80.2 cm³/mol. The standard InChI is InChI=1S/C14H25NO11/c1-4(17)15-2-5-7(18)9(20)11(22)13(24-5)26-14-12(23)10(21)8(19)6(3-16)25-14/h5-14,16,18-23H,2-3H2,1H3,(H,15,17). The van der Waals surface area contributed by atoms with Gasteiger partial charge in [0.25, 0.3) is 0 Å². The van der Waals surface area contributed by atoms with E-state index in [1.165, 1.54) is 6.92 Å². The highest BCUT2D eigenvalue weighted by Gasteiger charge is 2.49. The van der Waals surface area contributed by atoms with Gasteiger partial charge in [-0.15, -0.1) is 0 Å². The first kappa shape index (κ1) is 21.4. The molecule has 152 valence electrons. The Morgan fingerprint density at radius 1 is 0.846 bits per heavy atom. The van der Waals surface area contributed by atoms with Crippen molar-refractivity contribution in [2.75, 3.05) is 13.2 Å². The molecular weight excluding hydrogens is 358 g/mol. The maximum absolute atomic E-state index is 11.0. The van der Waals surface area contributed by atoms with E-state index in [9.17, 15) is 35.4 Å². The quantitative estimate of drug-likeness (QED) is 0.226. The molecule has 0 aliphatic carbocycles. The van der Waals surface area contributed by atoms with Crippen LogP contribution in [0, 0.1) is 0 Å². The topological polar surface area (TPSA) is 198 Å². The SMILES string of the molecule is CC(=O)NCC1OC(OC2OC(CO)C(O)C(O)C2O)C(O)C(O)C1O. The molecule has 10 atom stereocenters. The van der Waals surface area contributed by atoms with Crippen LogP contribution in [0.25, 0.3) is 0 Å². The fourth-order valence-electron chi connectivity index (χ4n) is 2.75. The lowest BCUT2D eigenvalue weighted by Crippen LogP contribution is -2.64. The third-order valence-corrected chi connectivity index (χ3v) is 4.34. The Balaban J connectivity index is 2.07. The predicted octanol–water partition coefficient (Wildman–Crippen LogP) is -5.25. The highest BCUT2D eigenvalue weighted by atomic mass is 16.8. The van der Waals surface area contributed by atoms with Crippen LogP contribution >= 0.6 is 0 Å². The molecule has 10 unspecified atom stereocenters. The molecule has 0 aromatic rings. The second-order valence-electron chi connectivity index (χ2n) is 6.29. The Labute approximate surface area is 148 Å². The van der Waals surface area contributed by atoms with Crippen molar-refractivity contribution in [3.63, 3.8) is 0 Å². The summed E-state index contributed by atoms with van der Waals surface area (Å²) in [5.74, 6) is -0.409. The van der Waals surface area contributed by atoms with Crippen LogP contribution in [0.1, 0.15) is 6.92 Å². The first-order valence-corrected chi connectivity index (χ1v) is 8.07. The average molecular weight is 383 g/mol. The Morgan fingerprint density at radius 3 is 1.77 bits per heavy atom. The van der Waals surface area contributed by atoms with E-state index in [1.807, 2.05) is 0 Å². The molecule has 0 saturated carbocycles. The van der Waals surface area contributed by atoms with E-state index in [4.69, 9.17) is 19.3 Å². The molecule has 8 N–H and O–H groups in total. The van der Waals surface area contributed by atoms with E-state index in [0.29, 0.717) is 0 Å². The molecule has 2 aliphatic rings. The molecule has 2 saturated heterocycles. The number of nitrogens with one attached hydrogen (secondary N) is 1. The van der Waals surface area contributed by atoms with E-state index in [-0.39, 0.29) is 6.54 Å². The summed E-state index contributed by atoms with van der Waals surface area (Å²) in [6.45, 7) is 0.378. The first-order valence-electron chi connectivity index (χ1n) is 8.07. The van der Waals surface area contributed by atoms with Crippen molar-refractivity contribution >= 4 is 5.91 Å². The van der Waals surface area contributed by atoms with Crippen molar-refractivity contribution in [2.45, 2.75) is 68.3 Å². The summed E-state index contributed by atoms with van der Waals surface area (Å²) in [5.41, 5.74) is 0. The van der Waals surface area contributed by atoms with Gasteiger partial charge in [-0.3, -0.25) is 4.79 Å². The van der Waals surface area contributed by atoms with E-state index in [0.717, 1.165) is 0 Å². The minimum Gasteiger partial charge on any atom is -0.394 e.